The van der Waals surface area contributed by atoms with Crippen LogP contribution < -0.4 is 5.32 Å². The summed E-state index contributed by atoms with van der Waals surface area (Å²) in [5.41, 5.74) is 0.895. The van der Waals surface area contributed by atoms with E-state index in [0.29, 0.717) is 22.1 Å². The number of hydrogen-bond acceptors (Lipinski definition) is 7. The van der Waals surface area contributed by atoms with Crippen LogP contribution in [0.1, 0.15) is 21.9 Å². The normalized spacial score (nSPS) is 11.8. The van der Waals surface area contributed by atoms with Crippen LogP contribution in [-0.2, 0) is 9.53 Å². The van der Waals surface area contributed by atoms with Crippen LogP contribution in [0.4, 0.5) is 0 Å². The molecule has 0 aliphatic rings. The van der Waals surface area contributed by atoms with E-state index >= 15 is 0 Å². The van der Waals surface area contributed by atoms with Crippen molar-refractivity contribution >= 4 is 23.6 Å². The summed E-state index contributed by atoms with van der Waals surface area (Å²) in [6, 6.07) is 0. The molecule has 1 rings (SSSR count). The van der Waals surface area contributed by atoms with Crippen molar-refractivity contribution in [1.29, 1.82) is 0 Å². The van der Waals surface area contributed by atoms with Gasteiger partial charge in [-0.1, -0.05) is 0 Å². The van der Waals surface area contributed by atoms with Gasteiger partial charge in [0.2, 0.25) is 0 Å². The third-order valence-electron chi connectivity index (χ3n) is 2.52. The average molecular weight is 299 g/mol. The maximum absolute atomic E-state index is 12.1. The Morgan fingerprint density at radius 2 is 2.05 bits per heavy atom. The molecule has 0 aliphatic heterocycles. The summed E-state index contributed by atoms with van der Waals surface area (Å²) in [4.78, 5) is 31.5. The van der Waals surface area contributed by atoms with Crippen molar-refractivity contribution in [3.05, 3.63) is 17.1 Å². The molecule has 0 fully saturated rings. The molecule has 1 unspecified atom stereocenters. The van der Waals surface area contributed by atoms with Crippen molar-refractivity contribution in [3.63, 3.8) is 0 Å². The number of aliphatic hydroxyl groups excluding tert-OH is 1. The lowest BCUT2D eigenvalue weighted by molar-refractivity contribution is -0.149. The first-order valence-electron chi connectivity index (χ1n) is 5.84. The van der Waals surface area contributed by atoms with Gasteiger partial charge in [0, 0.05) is 0 Å². The number of carbonyl (C=O) groups excluding carboxylic acids is 2. The number of thioether (sulfide) groups is 1. The molecular weight excluding hydrogens is 282 g/mol. The van der Waals surface area contributed by atoms with E-state index in [0.717, 1.165) is 7.11 Å². The van der Waals surface area contributed by atoms with Gasteiger partial charge in [0.25, 0.3) is 5.91 Å². The number of aliphatic hydroxyl groups is 1. The Morgan fingerprint density at radius 1 is 1.40 bits per heavy atom. The maximum atomic E-state index is 12.1. The van der Waals surface area contributed by atoms with E-state index < -0.39 is 18.0 Å². The number of hydrogen-bond donors (Lipinski definition) is 2. The van der Waals surface area contributed by atoms with Crippen LogP contribution in [0.25, 0.3) is 0 Å². The van der Waals surface area contributed by atoms with Gasteiger partial charge in [-0.05, 0) is 20.1 Å². The molecule has 0 radical (unpaired) electrons. The number of rotatable bonds is 5. The summed E-state index contributed by atoms with van der Waals surface area (Å²) in [5, 5.41) is 12.4. The first-order valence-corrected chi connectivity index (χ1v) is 7.06. The molecule has 7 nitrogen and oxygen atoms in total. The highest BCUT2D eigenvalue weighted by atomic mass is 32.2. The Kier molecular flexibility index (Phi) is 5.90. The molecule has 1 aromatic heterocycles. The molecule has 110 valence electrons. The van der Waals surface area contributed by atoms with E-state index in [9.17, 15) is 14.7 Å². The van der Waals surface area contributed by atoms with Crippen LogP contribution in [0, 0.1) is 13.8 Å². The number of aromatic nitrogens is 2. The summed E-state index contributed by atoms with van der Waals surface area (Å²) in [5.74, 6) is -0.653. The van der Waals surface area contributed by atoms with E-state index in [1.54, 1.807) is 20.1 Å². The zero-order valence-electron chi connectivity index (χ0n) is 11.8. The molecule has 1 amide bonds. The molecule has 20 heavy (non-hydrogen) atoms. The summed E-state index contributed by atoms with van der Waals surface area (Å²) in [7, 11) is 1.16. The van der Waals surface area contributed by atoms with Crippen LogP contribution in [0.15, 0.2) is 5.03 Å². The summed E-state index contributed by atoms with van der Waals surface area (Å²) < 4.78 is 4.37. The number of amides is 1. The van der Waals surface area contributed by atoms with Crippen LogP contribution in [0.2, 0.25) is 0 Å². The standard InChI is InChI=1S/C12H17N3O4S/c1-6-9(11(20-4)15-7(2)14-6)10(17)13-5-8(16)12(18)19-3/h8,16H,5H2,1-4H3,(H,13,17). The molecule has 2 N–H and O–H groups in total. The zero-order valence-corrected chi connectivity index (χ0v) is 12.6. The van der Waals surface area contributed by atoms with E-state index in [-0.39, 0.29) is 6.54 Å². The van der Waals surface area contributed by atoms with E-state index in [1.165, 1.54) is 11.8 Å². The number of nitrogens with one attached hydrogen (secondary N) is 1. The van der Waals surface area contributed by atoms with Crippen molar-refractivity contribution in [1.82, 2.24) is 15.3 Å². The predicted octanol–water partition coefficient (Wildman–Crippen LogP) is 0.0790. The minimum Gasteiger partial charge on any atom is -0.467 e. The minimum absolute atomic E-state index is 0.230. The van der Waals surface area contributed by atoms with Gasteiger partial charge in [0.05, 0.1) is 24.9 Å². The molecule has 0 spiro atoms. The van der Waals surface area contributed by atoms with Gasteiger partial charge in [0.1, 0.15) is 10.9 Å². The van der Waals surface area contributed by atoms with Crippen LogP contribution in [0.5, 0.6) is 0 Å². The second-order valence-corrected chi connectivity index (χ2v) is 4.78. The van der Waals surface area contributed by atoms with Crippen LogP contribution >= 0.6 is 11.8 Å². The first kappa shape index (κ1) is 16.4. The molecule has 8 heteroatoms. The smallest absolute Gasteiger partial charge is 0.336 e. The SMILES string of the molecule is COC(=O)C(O)CNC(=O)c1c(C)nc(C)nc1SC. The Morgan fingerprint density at radius 3 is 2.60 bits per heavy atom. The Labute approximate surface area is 121 Å². The largest absolute Gasteiger partial charge is 0.467 e. The van der Waals surface area contributed by atoms with Gasteiger partial charge in [-0.15, -0.1) is 11.8 Å². The van der Waals surface area contributed by atoms with Crippen molar-refractivity contribution in [2.24, 2.45) is 0 Å². The Bertz CT molecular complexity index is 522. The second kappa shape index (κ2) is 7.20. The number of methoxy groups -OCH3 is 1. The van der Waals surface area contributed by atoms with E-state index in [1.807, 2.05) is 0 Å². The molecule has 1 aromatic rings. The number of ether oxygens (including phenoxy) is 1. The topological polar surface area (TPSA) is 101 Å². The van der Waals surface area contributed by atoms with Crippen molar-refractivity contribution in [2.75, 3.05) is 19.9 Å². The Balaban J connectivity index is 2.85. The van der Waals surface area contributed by atoms with E-state index in [4.69, 9.17) is 0 Å². The highest BCUT2D eigenvalue weighted by Crippen LogP contribution is 2.20. The predicted molar refractivity (Wildman–Crippen MR) is 73.6 cm³/mol. The molecule has 1 heterocycles. The van der Waals surface area contributed by atoms with Crippen LogP contribution in [-0.4, -0.2) is 53.0 Å². The third-order valence-corrected chi connectivity index (χ3v) is 3.20. The molecule has 0 bridgehead atoms. The minimum atomic E-state index is -1.40. The summed E-state index contributed by atoms with van der Waals surface area (Å²) in [6.07, 6.45) is 0.412. The van der Waals surface area contributed by atoms with Crippen molar-refractivity contribution in [3.8, 4) is 0 Å². The van der Waals surface area contributed by atoms with Crippen molar-refractivity contribution < 1.29 is 19.4 Å². The lowest BCUT2D eigenvalue weighted by Gasteiger charge is -2.13. The quantitative estimate of drug-likeness (QED) is 0.451. The van der Waals surface area contributed by atoms with Gasteiger partial charge in [-0.2, -0.15) is 0 Å². The van der Waals surface area contributed by atoms with Crippen molar-refractivity contribution in [2.45, 2.75) is 25.0 Å². The van der Waals surface area contributed by atoms with Gasteiger partial charge < -0.3 is 15.2 Å². The van der Waals surface area contributed by atoms with Gasteiger partial charge in [0.15, 0.2) is 6.10 Å². The number of nitrogens with zero attached hydrogens (tertiary/aromatic N) is 2. The second-order valence-electron chi connectivity index (χ2n) is 3.99. The zero-order chi connectivity index (χ0) is 15.3. The third kappa shape index (κ3) is 3.91. The number of carbonyl (C=O) groups is 2. The summed E-state index contributed by atoms with van der Waals surface area (Å²) >= 11 is 1.33. The molecule has 0 saturated carbocycles. The first-order chi connectivity index (χ1) is 9.40. The average Bonchev–Trinajstić information content (AvgIpc) is 2.42. The van der Waals surface area contributed by atoms with Crippen LogP contribution in [0.3, 0.4) is 0 Å². The maximum Gasteiger partial charge on any atom is 0.336 e. The molecular formula is C12H17N3O4S. The highest BCUT2D eigenvalue weighted by Gasteiger charge is 2.20. The molecule has 0 aromatic carbocycles. The molecule has 0 aliphatic carbocycles. The fourth-order valence-corrected chi connectivity index (χ4v) is 2.26. The Hall–Kier alpha value is -1.67. The number of aryl methyl sites for hydroxylation is 2. The fraction of sp³-hybridized carbons (Fsp3) is 0.500. The number of esters is 1. The van der Waals surface area contributed by atoms with Gasteiger partial charge in [-0.25, -0.2) is 14.8 Å². The highest BCUT2D eigenvalue weighted by molar-refractivity contribution is 7.98. The van der Waals surface area contributed by atoms with Gasteiger partial charge >= 0.3 is 5.97 Å². The fourth-order valence-electron chi connectivity index (χ4n) is 1.59. The van der Waals surface area contributed by atoms with Gasteiger partial charge in [-0.3, -0.25) is 4.79 Å². The monoisotopic (exact) mass is 299 g/mol. The molecule has 0 saturated heterocycles. The lowest BCUT2D eigenvalue weighted by atomic mass is 10.2. The lowest BCUT2D eigenvalue weighted by Crippen LogP contribution is -2.37. The van der Waals surface area contributed by atoms with E-state index in [2.05, 4.69) is 20.0 Å². The summed E-state index contributed by atoms with van der Waals surface area (Å²) in [6.45, 7) is 3.22. The molecule has 1 atom stereocenters.